The van der Waals surface area contributed by atoms with Crippen LogP contribution in [-0.2, 0) is 0 Å². The number of unbranched alkanes of at least 4 members (excludes halogenated alkanes) is 2. The van der Waals surface area contributed by atoms with Crippen molar-refractivity contribution in [3.05, 3.63) is 63.1 Å². The number of halogens is 3. The summed E-state index contributed by atoms with van der Waals surface area (Å²) in [5, 5.41) is 1.97. The number of amidine groups is 1. The second kappa shape index (κ2) is 8.65. The highest BCUT2D eigenvalue weighted by molar-refractivity contribution is 6.37. The molecule has 1 heterocycles. The summed E-state index contributed by atoms with van der Waals surface area (Å²) in [6.45, 7) is 4.45. The molecule has 2 aromatic rings. The molecule has 0 aromatic heterocycles. The van der Waals surface area contributed by atoms with Crippen LogP contribution in [0.2, 0.25) is 15.1 Å². The van der Waals surface area contributed by atoms with Crippen LogP contribution in [0.4, 0.5) is 5.69 Å². The van der Waals surface area contributed by atoms with Gasteiger partial charge in [0.2, 0.25) is 0 Å². The van der Waals surface area contributed by atoms with Gasteiger partial charge in [-0.25, -0.2) is 0 Å². The van der Waals surface area contributed by atoms with Crippen molar-refractivity contribution in [2.24, 2.45) is 4.99 Å². The maximum absolute atomic E-state index is 6.50. The van der Waals surface area contributed by atoms with Crippen LogP contribution >= 0.6 is 34.8 Å². The smallest absolute Gasteiger partial charge is 0.137 e. The zero-order chi connectivity index (χ0) is 18.7. The quantitative estimate of drug-likeness (QED) is 0.459. The molecule has 5 heteroatoms. The minimum atomic E-state index is 0.249. The molecule has 138 valence electrons. The number of hydrogen-bond donors (Lipinski definition) is 0. The molecule has 26 heavy (non-hydrogen) atoms. The summed E-state index contributed by atoms with van der Waals surface area (Å²) >= 11 is 18.7. The first-order valence-corrected chi connectivity index (χ1v) is 10.2. The van der Waals surface area contributed by atoms with E-state index in [9.17, 15) is 0 Å². The second-order valence-electron chi connectivity index (χ2n) is 6.73. The van der Waals surface area contributed by atoms with Crippen LogP contribution in [0.3, 0.4) is 0 Å². The molecule has 1 aliphatic heterocycles. The lowest BCUT2D eigenvalue weighted by molar-refractivity contribution is 0.519. The molecule has 0 bridgehead atoms. The average molecular weight is 410 g/mol. The van der Waals surface area contributed by atoms with Crippen LogP contribution in [0.15, 0.2) is 47.5 Å². The van der Waals surface area contributed by atoms with Gasteiger partial charge < -0.3 is 4.90 Å². The number of nitrogens with zero attached hydrogens (tertiary/aromatic N) is 2. The van der Waals surface area contributed by atoms with Gasteiger partial charge in [0.05, 0.1) is 17.1 Å². The Morgan fingerprint density at radius 2 is 1.65 bits per heavy atom. The summed E-state index contributed by atoms with van der Waals surface area (Å²) < 4.78 is 0. The largest absolute Gasteiger partial charge is 0.321 e. The van der Waals surface area contributed by atoms with Gasteiger partial charge in [-0.3, -0.25) is 4.99 Å². The molecule has 0 saturated heterocycles. The van der Waals surface area contributed by atoms with Gasteiger partial charge in [-0.05, 0) is 55.8 Å². The minimum Gasteiger partial charge on any atom is -0.321 e. The average Bonchev–Trinajstić information content (AvgIpc) is 2.92. The molecule has 3 rings (SSSR count). The maximum Gasteiger partial charge on any atom is 0.137 e. The molecular weight excluding hydrogens is 387 g/mol. The number of benzene rings is 2. The second-order valence-corrected chi connectivity index (χ2v) is 8.01. The minimum absolute atomic E-state index is 0.249. The standard InChI is InChI=1S/C21H23Cl3N2/c1-3-4-5-6-20-14(2)26(17-10-7-15(22)8-11-17)21(25-20)18-12-9-16(23)13-19(18)24/h7-14,20H,3-6H2,1-2H3. The Morgan fingerprint density at radius 1 is 0.962 bits per heavy atom. The van der Waals surface area contributed by atoms with Crippen molar-refractivity contribution in [2.45, 2.75) is 51.6 Å². The number of aliphatic imine (C=N–C) groups is 1. The Labute approximate surface area is 170 Å². The summed E-state index contributed by atoms with van der Waals surface area (Å²) in [7, 11) is 0. The summed E-state index contributed by atoms with van der Waals surface area (Å²) in [5.74, 6) is 0.906. The van der Waals surface area contributed by atoms with Crippen LogP contribution in [-0.4, -0.2) is 17.9 Å². The predicted molar refractivity (Wildman–Crippen MR) is 114 cm³/mol. The highest BCUT2D eigenvalue weighted by Crippen LogP contribution is 2.34. The molecule has 0 radical (unpaired) electrons. The third-order valence-electron chi connectivity index (χ3n) is 4.86. The number of anilines is 1. The highest BCUT2D eigenvalue weighted by Gasteiger charge is 2.34. The van der Waals surface area contributed by atoms with Gasteiger partial charge in [0, 0.05) is 21.3 Å². The molecule has 2 nitrogen and oxygen atoms in total. The van der Waals surface area contributed by atoms with Gasteiger partial charge in [-0.15, -0.1) is 0 Å². The molecule has 2 atom stereocenters. The van der Waals surface area contributed by atoms with Gasteiger partial charge in [0.15, 0.2) is 0 Å². The van der Waals surface area contributed by atoms with Crippen molar-refractivity contribution in [1.82, 2.24) is 0 Å². The predicted octanol–water partition coefficient (Wildman–Crippen LogP) is 7.25. The molecule has 0 fully saturated rings. The summed E-state index contributed by atoms with van der Waals surface area (Å²) in [5.41, 5.74) is 1.99. The normalized spacial score (nSPS) is 19.7. The monoisotopic (exact) mass is 408 g/mol. The molecule has 0 spiro atoms. The van der Waals surface area contributed by atoms with Gasteiger partial charge in [0.25, 0.3) is 0 Å². The van der Waals surface area contributed by atoms with Crippen LogP contribution in [0.1, 0.15) is 45.1 Å². The van der Waals surface area contributed by atoms with Crippen LogP contribution in [0.5, 0.6) is 0 Å². The SMILES string of the molecule is CCCCCC1N=C(c2ccc(Cl)cc2Cl)N(c2ccc(Cl)cc2)C1C. The van der Waals surface area contributed by atoms with E-state index in [0.29, 0.717) is 10.0 Å². The Kier molecular flexibility index (Phi) is 6.50. The van der Waals surface area contributed by atoms with Crippen molar-refractivity contribution in [3.63, 3.8) is 0 Å². The molecule has 0 N–H and O–H groups in total. The summed E-state index contributed by atoms with van der Waals surface area (Å²) in [4.78, 5) is 7.33. The highest BCUT2D eigenvalue weighted by atomic mass is 35.5. The van der Waals surface area contributed by atoms with Crippen molar-refractivity contribution >= 4 is 46.3 Å². The first-order valence-electron chi connectivity index (χ1n) is 9.09. The molecule has 1 aliphatic rings. The number of hydrogen-bond acceptors (Lipinski definition) is 2. The van der Waals surface area contributed by atoms with Crippen LogP contribution < -0.4 is 4.90 Å². The fourth-order valence-electron chi connectivity index (χ4n) is 3.43. The summed E-state index contributed by atoms with van der Waals surface area (Å²) in [6.07, 6.45) is 4.71. The Balaban J connectivity index is 1.99. The van der Waals surface area contributed by atoms with Gasteiger partial charge >= 0.3 is 0 Å². The van der Waals surface area contributed by atoms with Crippen molar-refractivity contribution < 1.29 is 0 Å². The third-order valence-corrected chi connectivity index (χ3v) is 5.66. The van der Waals surface area contributed by atoms with Crippen LogP contribution in [0.25, 0.3) is 0 Å². The zero-order valence-corrected chi connectivity index (χ0v) is 17.3. The first kappa shape index (κ1) is 19.5. The van der Waals surface area contributed by atoms with Crippen molar-refractivity contribution in [2.75, 3.05) is 4.90 Å². The Bertz CT molecular complexity index is 786. The van der Waals surface area contributed by atoms with E-state index in [1.807, 2.05) is 36.4 Å². The van der Waals surface area contributed by atoms with Gasteiger partial charge in [0.1, 0.15) is 5.84 Å². The van der Waals surface area contributed by atoms with Gasteiger partial charge in [-0.1, -0.05) is 61.0 Å². The number of rotatable bonds is 6. The molecule has 0 amide bonds. The fourth-order valence-corrected chi connectivity index (χ4v) is 4.05. The zero-order valence-electron chi connectivity index (χ0n) is 15.1. The maximum atomic E-state index is 6.50. The van der Waals surface area contributed by atoms with E-state index in [1.165, 1.54) is 19.3 Å². The van der Waals surface area contributed by atoms with E-state index in [2.05, 4.69) is 18.7 Å². The Morgan fingerprint density at radius 3 is 2.31 bits per heavy atom. The Hall–Kier alpha value is -1.22. The van der Waals surface area contributed by atoms with Crippen molar-refractivity contribution in [1.29, 1.82) is 0 Å². The lowest BCUT2D eigenvalue weighted by Crippen LogP contribution is -2.38. The van der Waals surface area contributed by atoms with E-state index in [1.54, 1.807) is 6.07 Å². The molecule has 0 saturated carbocycles. The molecule has 2 unspecified atom stereocenters. The fraction of sp³-hybridized carbons (Fsp3) is 0.381. The molecular formula is C21H23Cl3N2. The van der Waals surface area contributed by atoms with E-state index in [-0.39, 0.29) is 12.1 Å². The van der Waals surface area contributed by atoms with Gasteiger partial charge in [-0.2, -0.15) is 0 Å². The third kappa shape index (κ3) is 4.19. The van der Waals surface area contributed by atoms with Crippen LogP contribution in [0, 0.1) is 0 Å². The van der Waals surface area contributed by atoms with E-state index >= 15 is 0 Å². The van der Waals surface area contributed by atoms with E-state index < -0.39 is 0 Å². The van der Waals surface area contributed by atoms with Crippen molar-refractivity contribution in [3.8, 4) is 0 Å². The van der Waals surface area contributed by atoms with E-state index in [0.717, 1.165) is 28.5 Å². The lowest BCUT2D eigenvalue weighted by Gasteiger charge is -2.28. The summed E-state index contributed by atoms with van der Waals surface area (Å²) in [6, 6.07) is 14.0. The lowest BCUT2D eigenvalue weighted by atomic mass is 10.0. The topological polar surface area (TPSA) is 15.6 Å². The molecule has 2 aromatic carbocycles. The first-order chi connectivity index (χ1) is 12.5. The molecule has 0 aliphatic carbocycles. The van der Waals surface area contributed by atoms with E-state index in [4.69, 9.17) is 39.8 Å².